The molecule has 0 fully saturated rings. The average Bonchev–Trinajstić information content (AvgIpc) is 3.12. The molecule has 0 saturated heterocycles. The smallest absolute Gasteiger partial charge is 0.182 e. The van der Waals surface area contributed by atoms with Crippen molar-refractivity contribution in [1.82, 2.24) is 29.9 Å². The maximum Gasteiger partial charge on any atom is 0.182 e. The van der Waals surface area contributed by atoms with Crippen molar-refractivity contribution in [3.63, 3.8) is 0 Å². The monoisotopic (exact) mass is 564 g/mol. The van der Waals surface area contributed by atoms with Crippen LogP contribution in [0.15, 0.2) is 146 Å². The molecule has 206 valence electrons. The number of hydrogen-bond donors (Lipinski definition) is 0. The molecule has 0 radical (unpaired) electrons. The largest absolute Gasteiger partial charge is 0.253 e. The number of nitrogens with zero attached hydrogens (tertiary/aromatic N) is 6. The van der Waals surface area contributed by atoms with Gasteiger partial charge in [-0.2, -0.15) is 0 Å². The van der Waals surface area contributed by atoms with E-state index in [9.17, 15) is 0 Å². The van der Waals surface area contributed by atoms with Crippen LogP contribution in [0, 0.1) is 0 Å². The molecular formula is C38H24N6. The van der Waals surface area contributed by atoms with Crippen LogP contribution in [-0.2, 0) is 0 Å². The van der Waals surface area contributed by atoms with Gasteiger partial charge in [0, 0.05) is 57.2 Å². The molecule has 0 saturated carbocycles. The van der Waals surface area contributed by atoms with Crippen molar-refractivity contribution in [2.45, 2.75) is 0 Å². The van der Waals surface area contributed by atoms with Crippen molar-refractivity contribution < 1.29 is 0 Å². The van der Waals surface area contributed by atoms with Crippen molar-refractivity contribution in [3.8, 4) is 56.5 Å². The number of pyridine rings is 3. The summed E-state index contributed by atoms with van der Waals surface area (Å²) in [6.45, 7) is 0. The molecule has 0 aliphatic heterocycles. The van der Waals surface area contributed by atoms with Crippen LogP contribution in [0.1, 0.15) is 0 Å². The van der Waals surface area contributed by atoms with E-state index in [1.807, 2.05) is 110 Å². The van der Waals surface area contributed by atoms with Crippen LogP contribution in [0.2, 0.25) is 0 Å². The van der Waals surface area contributed by atoms with Gasteiger partial charge in [-0.05, 0) is 23.8 Å². The number of rotatable bonds is 5. The Kier molecular flexibility index (Phi) is 6.35. The third kappa shape index (κ3) is 4.84. The van der Waals surface area contributed by atoms with Crippen LogP contribution in [0.5, 0.6) is 0 Å². The van der Waals surface area contributed by atoms with Gasteiger partial charge in [-0.3, -0.25) is 15.0 Å². The van der Waals surface area contributed by atoms with Gasteiger partial charge in [-0.1, -0.05) is 109 Å². The molecule has 8 rings (SSSR count). The first-order valence-electron chi connectivity index (χ1n) is 14.4. The van der Waals surface area contributed by atoms with Crippen LogP contribution < -0.4 is 0 Å². The summed E-state index contributed by atoms with van der Waals surface area (Å²) < 4.78 is 0. The highest BCUT2D eigenvalue weighted by Crippen LogP contribution is 2.30. The highest BCUT2D eigenvalue weighted by molar-refractivity contribution is 6.04. The van der Waals surface area contributed by atoms with E-state index in [4.69, 9.17) is 29.9 Å². The lowest BCUT2D eigenvalue weighted by molar-refractivity contribution is 1.06. The molecule has 6 heteroatoms. The minimum absolute atomic E-state index is 0.522. The van der Waals surface area contributed by atoms with Gasteiger partial charge in [0.15, 0.2) is 17.5 Å². The summed E-state index contributed by atoms with van der Waals surface area (Å²) in [5.41, 5.74) is 8.44. The molecule has 4 aromatic heterocycles. The average molecular weight is 565 g/mol. The van der Waals surface area contributed by atoms with E-state index in [0.717, 1.165) is 55.2 Å². The number of aromatic nitrogens is 6. The topological polar surface area (TPSA) is 77.3 Å². The minimum Gasteiger partial charge on any atom is -0.253 e. The maximum atomic E-state index is 4.84. The molecule has 0 N–H and O–H groups in total. The van der Waals surface area contributed by atoms with Gasteiger partial charge in [0.1, 0.15) is 5.69 Å². The predicted molar refractivity (Wildman–Crippen MR) is 175 cm³/mol. The molecule has 0 aliphatic carbocycles. The Bertz CT molecular complexity index is 2200. The third-order valence-corrected chi connectivity index (χ3v) is 7.63. The highest BCUT2D eigenvalue weighted by atomic mass is 15.0. The van der Waals surface area contributed by atoms with Gasteiger partial charge in [0.2, 0.25) is 0 Å². The Balaban J connectivity index is 1.14. The Morgan fingerprint density at radius 2 is 0.773 bits per heavy atom. The lowest BCUT2D eigenvalue weighted by Gasteiger charge is -2.09. The molecule has 0 atom stereocenters. The lowest BCUT2D eigenvalue weighted by atomic mass is 10.0. The Morgan fingerprint density at radius 1 is 0.318 bits per heavy atom. The van der Waals surface area contributed by atoms with Gasteiger partial charge < -0.3 is 0 Å². The normalized spacial score (nSPS) is 11.2. The SMILES string of the molecule is c1ccc(-c2cnc3c(ccc4cc(-c5ccc(-c6nc(-c7ccccc7)nc(-c7ccccc7)n6)nc5)cnc43)c2)cc1. The second-order valence-corrected chi connectivity index (χ2v) is 10.5. The van der Waals surface area contributed by atoms with E-state index in [2.05, 4.69) is 36.4 Å². The molecule has 8 aromatic rings. The molecule has 44 heavy (non-hydrogen) atoms. The van der Waals surface area contributed by atoms with Crippen molar-refractivity contribution in [2.24, 2.45) is 0 Å². The standard InChI is InChI=1S/C38H24N6/c1-4-10-25(11-5-1)31-20-28-16-17-29-21-32(24-41-35(29)34(28)40-23-31)30-18-19-33(39-22-30)38-43-36(26-12-6-2-7-13-26)42-37(44-38)27-14-8-3-9-15-27/h1-24H. The van der Waals surface area contributed by atoms with Gasteiger partial charge in [0.25, 0.3) is 0 Å². The highest BCUT2D eigenvalue weighted by Gasteiger charge is 2.14. The van der Waals surface area contributed by atoms with E-state index in [1.165, 1.54) is 0 Å². The third-order valence-electron chi connectivity index (χ3n) is 7.63. The summed E-state index contributed by atoms with van der Waals surface area (Å²) >= 11 is 0. The van der Waals surface area contributed by atoms with E-state index < -0.39 is 0 Å². The fourth-order valence-corrected chi connectivity index (χ4v) is 5.36. The molecule has 0 spiro atoms. The first-order chi connectivity index (χ1) is 21.8. The van der Waals surface area contributed by atoms with Crippen molar-refractivity contribution in [1.29, 1.82) is 0 Å². The van der Waals surface area contributed by atoms with Gasteiger partial charge in [0.05, 0.1) is 11.0 Å². The van der Waals surface area contributed by atoms with E-state index >= 15 is 0 Å². The van der Waals surface area contributed by atoms with Crippen LogP contribution in [-0.4, -0.2) is 29.9 Å². The molecule has 0 bridgehead atoms. The van der Waals surface area contributed by atoms with Crippen LogP contribution in [0.4, 0.5) is 0 Å². The summed E-state index contributed by atoms with van der Waals surface area (Å²) in [7, 11) is 0. The lowest BCUT2D eigenvalue weighted by Crippen LogP contribution is -2.01. The zero-order valence-corrected chi connectivity index (χ0v) is 23.5. The van der Waals surface area contributed by atoms with Crippen molar-refractivity contribution in [2.75, 3.05) is 0 Å². The minimum atomic E-state index is 0.522. The summed E-state index contributed by atoms with van der Waals surface area (Å²) in [5.74, 6) is 1.74. The molecule has 0 aliphatic rings. The fraction of sp³-hybridized carbons (Fsp3) is 0. The Labute approximate surface area is 253 Å². The van der Waals surface area contributed by atoms with Gasteiger partial charge in [-0.15, -0.1) is 0 Å². The van der Waals surface area contributed by atoms with Gasteiger partial charge in [-0.25, -0.2) is 15.0 Å². The summed E-state index contributed by atoms with van der Waals surface area (Å²) in [6, 6.07) is 42.7. The van der Waals surface area contributed by atoms with Crippen molar-refractivity contribution >= 4 is 21.8 Å². The van der Waals surface area contributed by atoms with E-state index in [1.54, 1.807) is 0 Å². The fourth-order valence-electron chi connectivity index (χ4n) is 5.36. The number of fused-ring (bicyclic) bond motifs is 3. The first kappa shape index (κ1) is 25.6. The van der Waals surface area contributed by atoms with Crippen molar-refractivity contribution in [3.05, 3.63) is 146 Å². The van der Waals surface area contributed by atoms with Gasteiger partial charge >= 0.3 is 0 Å². The quantitative estimate of drug-likeness (QED) is 0.195. The summed E-state index contributed by atoms with van der Waals surface area (Å²) in [5, 5.41) is 2.09. The number of hydrogen-bond acceptors (Lipinski definition) is 6. The molecule has 4 heterocycles. The zero-order valence-electron chi connectivity index (χ0n) is 23.5. The summed E-state index contributed by atoms with van der Waals surface area (Å²) in [4.78, 5) is 28.8. The second kappa shape index (κ2) is 10.9. The van der Waals surface area contributed by atoms with E-state index in [0.29, 0.717) is 23.2 Å². The van der Waals surface area contributed by atoms with Crippen LogP contribution in [0.25, 0.3) is 78.4 Å². The molecular weight excluding hydrogens is 540 g/mol. The van der Waals surface area contributed by atoms with Crippen LogP contribution >= 0.6 is 0 Å². The molecule has 4 aromatic carbocycles. The second-order valence-electron chi connectivity index (χ2n) is 10.5. The predicted octanol–water partition coefficient (Wildman–Crippen LogP) is 8.70. The maximum absolute atomic E-state index is 4.84. The first-order valence-corrected chi connectivity index (χ1v) is 14.4. The Morgan fingerprint density at radius 3 is 1.27 bits per heavy atom. The molecule has 6 nitrogen and oxygen atoms in total. The number of benzene rings is 4. The summed E-state index contributed by atoms with van der Waals surface area (Å²) in [6.07, 6.45) is 5.65. The molecule has 0 unspecified atom stereocenters. The van der Waals surface area contributed by atoms with E-state index in [-0.39, 0.29) is 0 Å². The zero-order chi connectivity index (χ0) is 29.3. The van der Waals surface area contributed by atoms with Crippen LogP contribution in [0.3, 0.4) is 0 Å². The molecule has 0 amide bonds. The Hall–Kier alpha value is -6.14.